The first kappa shape index (κ1) is 14.6. The molecule has 1 aromatic carbocycles. The second kappa shape index (κ2) is 7.12. The van der Waals surface area contributed by atoms with Crippen LogP contribution >= 0.6 is 23.4 Å². The van der Waals surface area contributed by atoms with Crippen LogP contribution < -0.4 is 11.1 Å². The highest BCUT2D eigenvalue weighted by molar-refractivity contribution is 8.00. The first-order valence-corrected chi connectivity index (χ1v) is 7.23. The molecule has 0 saturated carbocycles. The third-order valence-electron chi connectivity index (χ3n) is 2.30. The number of nitrogens with zero attached hydrogens (tertiary/aromatic N) is 2. The Labute approximate surface area is 125 Å². The molecule has 0 saturated heterocycles. The maximum atomic E-state index is 11.0. The summed E-state index contributed by atoms with van der Waals surface area (Å²) in [6, 6.07) is 9.29. The van der Waals surface area contributed by atoms with E-state index in [1.54, 1.807) is 17.8 Å². The average molecular weight is 309 g/mol. The zero-order valence-electron chi connectivity index (χ0n) is 10.8. The highest BCUT2D eigenvalue weighted by atomic mass is 35.5. The molecule has 5 nitrogen and oxygen atoms in total. The van der Waals surface area contributed by atoms with Gasteiger partial charge in [0.2, 0.25) is 0 Å². The number of anilines is 1. The first-order chi connectivity index (χ1) is 9.63. The number of hydrazone groups is 1. The third kappa shape index (κ3) is 4.71. The quantitative estimate of drug-likeness (QED) is 0.506. The van der Waals surface area contributed by atoms with Crippen LogP contribution in [0.1, 0.15) is 6.92 Å². The van der Waals surface area contributed by atoms with E-state index in [0.717, 1.165) is 21.4 Å². The van der Waals surface area contributed by atoms with Gasteiger partial charge in [-0.25, -0.2) is 9.78 Å². The van der Waals surface area contributed by atoms with Crippen molar-refractivity contribution in [2.45, 2.75) is 11.8 Å². The zero-order valence-corrected chi connectivity index (χ0v) is 12.3. The van der Waals surface area contributed by atoms with E-state index in [2.05, 4.69) is 20.5 Å². The lowest BCUT2D eigenvalue weighted by molar-refractivity contribution is 1.06. The minimum atomic E-state index is -0.404. The van der Waals surface area contributed by atoms with Crippen molar-refractivity contribution in [3.8, 4) is 0 Å². The highest BCUT2D eigenvalue weighted by Crippen LogP contribution is 2.20. The number of aromatic amines is 1. The van der Waals surface area contributed by atoms with Gasteiger partial charge in [-0.2, -0.15) is 5.10 Å². The molecule has 0 aliphatic carbocycles. The minimum absolute atomic E-state index is 0.404. The lowest BCUT2D eigenvalue weighted by Gasteiger charge is -2.03. The van der Waals surface area contributed by atoms with E-state index in [4.69, 9.17) is 11.6 Å². The van der Waals surface area contributed by atoms with Gasteiger partial charge in [0.05, 0.1) is 0 Å². The lowest BCUT2D eigenvalue weighted by atomic mass is 10.4. The summed E-state index contributed by atoms with van der Waals surface area (Å²) in [5.74, 6) is 1.25. The SMILES string of the molecule is C/C(CSc1ccc(Cl)cc1)=N/Nc1ccnc(=O)[nH]1. The molecule has 0 aliphatic heterocycles. The molecule has 0 spiro atoms. The number of hydrogen-bond donors (Lipinski definition) is 2. The van der Waals surface area contributed by atoms with E-state index in [-0.39, 0.29) is 0 Å². The van der Waals surface area contributed by atoms with Crippen LogP contribution in [0, 0.1) is 0 Å². The molecule has 0 unspecified atom stereocenters. The molecule has 0 radical (unpaired) electrons. The van der Waals surface area contributed by atoms with Crippen molar-refractivity contribution < 1.29 is 0 Å². The van der Waals surface area contributed by atoms with Crippen LogP contribution in [0.3, 0.4) is 0 Å². The van der Waals surface area contributed by atoms with Crippen molar-refractivity contribution >= 4 is 34.9 Å². The molecule has 104 valence electrons. The Balaban J connectivity index is 1.88. The Hall–Kier alpha value is -1.79. The predicted octanol–water partition coefficient (Wildman–Crippen LogP) is 3.00. The summed E-state index contributed by atoms with van der Waals surface area (Å²) >= 11 is 7.49. The van der Waals surface area contributed by atoms with Crippen LogP contribution in [-0.4, -0.2) is 21.4 Å². The maximum Gasteiger partial charge on any atom is 0.346 e. The topological polar surface area (TPSA) is 70.1 Å². The van der Waals surface area contributed by atoms with Crippen molar-refractivity contribution in [2.24, 2.45) is 5.10 Å². The molecule has 2 N–H and O–H groups in total. The molecule has 0 aliphatic rings. The summed E-state index contributed by atoms with van der Waals surface area (Å²) in [4.78, 5) is 18.2. The van der Waals surface area contributed by atoms with Crippen molar-refractivity contribution in [2.75, 3.05) is 11.2 Å². The standard InChI is InChI=1S/C13H13ClN4OS/c1-9(8-20-11-4-2-10(14)3-5-11)17-18-12-6-7-15-13(19)16-12/h2-7H,8H2,1H3,(H2,15,16,18,19)/b17-9-. The van der Waals surface area contributed by atoms with Crippen molar-refractivity contribution in [1.29, 1.82) is 0 Å². The largest absolute Gasteiger partial charge is 0.346 e. The van der Waals surface area contributed by atoms with Gasteiger partial charge in [0.25, 0.3) is 0 Å². The number of benzene rings is 1. The molecule has 1 heterocycles. The smallest absolute Gasteiger partial charge is 0.291 e. The van der Waals surface area contributed by atoms with Gasteiger partial charge in [-0.05, 0) is 37.3 Å². The van der Waals surface area contributed by atoms with Crippen molar-refractivity contribution in [1.82, 2.24) is 9.97 Å². The molecule has 7 heteroatoms. The van der Waals surface area contributed by atoms with Gasteiger partial charge < -0.3 is 0 Å². The van der Waals surface area contributed by atoms with Gasteiger partial charge in [-0.15, -0.1) is 11.8 Å². The van der Waals surface area contributed by atoms with E-state index in [0.29, 0.717) is 5.82 Å². The summed E-state index contributed by atoms with van der Waals surface area (Å²) in [7, 11) is 0. The summed E-state index contributed by atoms with van der Waals surface area (Å²) < 4.78 is 0. The van der Waals surface area contributed by atoms with Gasteiger partial charge in [-0.3, -0.25) is 10.4 Å². The normalized spacial score (nSPS) is 11.4. The maximum absolute atomic E-state index is 11.0. The molecular weight excluding hydrogens is 296 g/mol. The fourth-order valence-corrected chi connectivity index (χ4v) is 2.24. The van der Waals surface area contributed by atoms with Gasteiger partial charge in [0.15, 0.2) is 0 Å². The monoisotopic (exact) mass is 308 g/mol. The van der Waals surface area contributed by atoms with Crippen LogP contribution in [0.2, 0.25) is 5.02 Å². The summed E-state index contributed by atoms with van der Waals surface area (Å²) in [6.45, 7) is 1.91. The van der Waals surface area contributed by atoms with Crippen molar-refractivity contribution in [3.63, 3.8) is 0 Å². The Kier molecular flexibility index (Phi) is 5.20. The molecule has 0 amide bonds. The van der Waals surface area contributed by atoms with Gasteiger partial charge in [0.1, 0.15) is 5.82 Å². The van der Waals surface area contributed by atoms with E-state index < -0.39 is 5.69 Å². The fraction of sp³-hybridized carbons (Fsp3) is 0.154. The number of thioether (sulfide) groups is 1. The molecule has 1 aromatic heterocycles. The summed E-state index contributed by atoms with van der Waals surface area (Å²) in [6.07, 6.45) is 1.43. The zero-order chi connectivity index (χ0) is 14.4. The Bertz CT molecular complexity index is 654. The van der Waals surface area contributed by atoms with Gasteiger partial charge >= 0.3 is 5.69 Å². The van der Waals surface area contributed by atoms with E-state index in [1.807, 2.05) is 31.2 Å². The van der Waals surface area contributed by atoms with E-state index >= 15 is 0 Å². The van der Waals surface area contributed by atoms with Crippen LogP contribution in [-0.2, 0) is 0 Å². The number of halogens is 1. The van der Waals surface area contributed by atoms with Crippen LogP contribution in [0.4, 0.5) is 5.82 Å². The second-order valence-corrected chi connectivity index (χ2v) is 5.48. The number of rotatable bonds is 5. The fourth-order valence-electron chi connectivity index (χ4n) is 1.34. The molecule has 0 atom stereocenters. The molecule has 2 rings (SSSR count). The molecule has 2 aromatic rings. The Morgan fingerprint density at radius 2 is 2.15 bits per heavy atom. The Morgan fingerprint density at radius 3 is 2.85 bits per heavy atom. The number of aromatic nitrogens is 2. The van der Waals surface area contributed by atoms with E-state index in [9.17, 15) is 4.79 Å². The van der Waals surface area contributed by atoms with Gasteiger partial charge in [0, 0.05) is 27.6 Å². The second-order valence-electron chi connectivity index (χ2n) is 3.99. The van der Waals surface area contributed by atoms with Gasteiger partial charge in [-0.1, -0.05) is 11.6 Å². The van der Waals surface area contributed by atoms with Crippen LogP contribution in [0.15, 0.2) is 51.3 Å². The number of nitrogens with one attached hydrogen (secondary N) is 2. The molecule has 20 heavy (non-hydrogen) atoms. The summed E-state index contributed by atoms with van der Waals surface area (Å²) in [5.41, 5.74) is 3.29. The van der Waals surface area contributed by atoms with E-state index in [1.165, 1.54) is 6.20 Å². The third-order valence-corrected chi connectivity index (χ3v) is 3.72. The highest BCUT2D eigenvalue weighted by Gasteiger charge is 1.97. The molecule has 0 bridgehead atoms. The molecule has 0 fully saturated rings. The summed E-state index contributed by atoms with van der Waals surface area (Å²) in [5, 5.41) is 4.92. The minimum Gasteiger partial charge on any atom is -0.291 e. The van der Waals surface area contributed by atoms with Crippen LogP contribution in [0.25, 0.3) is 0 Å². The first-order valence-electron chi connectivity index (χ1n) is 5.86. The predicted molar refractivity (Wildman–Crippen MR) is 83.8 cm³/mol. The average Bonchev–Trinajstić information content (AvgIpc) is 2.45. The lowest BCUT2D eigenvalue weighted by Crippen LogP contribution is -2.11. The molecular formula is C13H13ClN4OS. The van der Waals surface area contributed by atoms with Crippen LogP contribution in [0.5, 0.6) is 0 Å². The number of H-pyrrole nitrogens is 1. The Morgan fingerprint density at radius 1 is 1.40 bits per heavy atom. The van der Waals surface area contributed by atoms with Crippen molar-refractivity contribution in [3.05, 3.63) is 52.0 Å². The number of hydrogen-bond acceptors (Lipinski definition) is 5.